The summed E-state index contributed by atoms with van der Waals surface area (Å²) in [6.07, 6.45) is 0.0747. The number of nitrogens with one attached hydrogen (secondary N) is 1. The average molecular weight is 273 g/mol. The topological polar surface area (TPSA) is 112 Å². The zero-order chi connectivity index (χ0) is 12.6. The van der Waals surface area contributed by atoms with Crippen LogP contribution in [0.1, 0.15) is 5.56 Å². The Balaban J connectivity index is 2.63. The van der Waals surface area contributed by atoms with Gasteiger partial charge in [-0.15, -0.1) is 0 Å². The Labute approximate surface area is 101 Å². The number of rotatable bonds is 2. The van der Waals surface area contributed by atoms with Crippen LogP contribution in [0.4, 0.5) is 5.69 Å². The normalized spacial score (nSPS) is 13.8. The van der Waals surface area contributed by atoms with Crippen molar-refractivity contribution < 1.29 is 13.2 Å². The molecule has 1 aromatic rings. The Kier molecular flexibility index (Phi) is 2.70. The summed E-state index contributed by atoms with van der Waals surface area (Å²) in [4.78, 5) is 13.0. The lowest BCUT2D eigenvalue weighted by Gasteiger charge is -2.04. The first-order valence-corrected chi connectivity index (χ1v) is 6.19. The molecule has 0 aromatic heterocycles. The summed E-state index contributed by atoms with van der Waals surface area (Å²) in [6, 6.07) is 2.56. The molecule has 0 saturated heterocycles. The number of nitrogens with zero attached hydrogens (tertiary/aromatic N) is 3. The number of sulfonamides is 1. The van der Waals surface area contributed by atoms with E-state index in [9.17, 15) is 13.2 Å². The summed E-state index contributed by atoms with van der Waals surface area (Å²) in [7, 11) is -4.14. The molecule has 1 aliphatic heterocycles. The summed E-state index contributed by atoms with van der Waals surface area (Å²) in [5.41, 5.74) is 9.14. The minimum absolute atomic E-state index is 0.0747. The molecule has 0 saturated carbocycles. The molecule has 9 heteroatoms. The summed E-state index contributed by atoms with van der Waals surface area (Å²) in [5.74, 6) is -0.241. The van der Waals surface area contributed by atoms with Crippen LogP contribution >= 0.6 is 11.6 Å². The number of hydrogen-bond acceptors (Lipinski definition) is 3. The first kappa shape index (κ1) is 11.7. The number of amides is 1. The third kappa shape index (κ3) is 2.05. The maximum absolute atomic E-state index is 11.5. The molecule has 0 fully saturated rings. The number of carbonyl (C=O) groups excluding carboxylic acids is 1. The molecule has 1 aliphatic rings. The number of halogens is 1. The fraction of sp³-hybridized carbons (Fsp3) is 0.125. The minimum Gasteiger partial charge on any atom is -0.325 e. The monoisotopic (exact) mass is 272 g/mol. The number of carbonyl (C=O) groups is 1. The third-order valence-corrected chi connectivity index (χ3v) is 3.81. The number of azide groups is 1. The molecule has 1 aromatic carbocycles. The van der Waals surface area contributed by atoms with Crippen molar-refractivity contribution in [2.75, 3.05) is 5.32 Å². The van der Waals surface area contributed by atoms with Gasteiger partial charge in [0.1, 0.15) is 0 Å². The van der Waals surface area contributed by atoms with Gasteiger partial charge in [0, 0.05) is 15.1 Å². The molecular formula is C8H5ClN4O3S. The molecular weight excluding hydrogens is 268 g/mol. The molecule has 2 rings (SSSR count). The van der Waals surface area contributed by atoms with E-state index in [1.54, 1.807) is 0 Å². The van der Waals surface area contributed by atoms with Gasteiger partial charge in [0.15, 0.2) is 0 Å². The number of benzene rings is 1. The van der Waals surface area contributed by atoms with E-state index in [1.165, 1.54) is 12.1 Å². The van der Waals surface area contributed by atoms with E-state index in [0.717, 1.165) is 0 Å². The van der Waals surface area contributed by atoms with E-state index < -0.39 is 10.0 Å². The van der Waals surface area contributed by atoms with Crippen LogP contribution in [0.3, 0.4) is 0 Å². The lowest BCUT2D eigenvalue weighted by molar-refractivity contribution is -0.115. The Hall–Kier alpha value is -1.76. The average Bonchev–Trinajstić information content (AvgIpc) is 2.55. The maximum Gasteiger partial charge on any atom is 0.265 e. The van der Waals surface area contributed by atoms with Crippen LogP contribution in [0.5, 0.6) is 0 Å². The fourth-order valence-electron chi connectivity index (χ4n) is 1.52. The molecule has 7 nitrogen and oxygen atoms in total. The van der Waals surface area contributed by atoms with Crippen LogP contribution in [0, 0.1) is 0 Å². The van der Waals surface area contributed by atoms with Crippen LogP contribution in [-0.2, 0) is 21.2 Å². The second kappa shape index (κ2) is 3.92. The van der Waals surface area contributed by atoms with Crippen molar-refractivity contribution in [2.45, 2.75) is 11.3 Å². The van der Waals surface area contributed by atoms with Crippen molar-refractivity contribution in [3.05, 3.63) is 33.2 Å². The van der Waals surface area contributed by atoms with Gasteiger partial charge in [0.2, 0.25) is 5.91 Å². The molecule has 0 atom stereocenters. The zero-order valence-electron chi connectivity index (χ0n) is 8.21. The number of fused-ring (bicyclic) bond motifs is 1. The highest BCUT2D eigenvalue weighted by atomic mass is 35.5. The molecule has 1 heterocycles. The molecule has 0 bridgehead atoms. The first-order chi connectivity index (χ1) is 7.94. The second-order valence-electron chi connectivity index (χ2n) is 3.31. The Morgan fingerprint density at radius 2 is 2.18 bits per heavy atom. The molecule has 0 unspecified atom stereocenters. The van der Waals surface area contributed by atoms with Crippen molar-refractivity contribution >= 4 is 33.2 Å². The van der Waals surface area contributed by atoms with Gasteiger partial charge in [-0.3, -0.25) is 4.79 Å². The predicted octanol–water partition coefficient (Wildman–Crippen LogP) is 1.83. The largest absolute Gasteiger partial charge is 0.325 e. The first-order valence-electron chi connectivity index (χ1n) is 4.37. The van der Waals surface area contributed by atoms with Crippen molar-refractivity contribution in [3.8, 4) is 0 Å². The molecule has 88 valence electrons. The quantitative estimate of drug-likeness (QED) is 0.503. The highest BCUT2D eigenvalue weighted by Crippen LogP contribution is 2.32. The van der Waals surface area contributed by atoms with E-state index in [-0.39, 0.29) is 22.2 Å². The fourth-order valence-corrected chi connectivity index (χ4v) is 2.75. The van der Waals surface area contributed by atoms with Crippen molar-refractivity contribution in [1.29, 1.82) is 0 Å². The Morgan fingerprint density at radius 3 is 2.82 bits per heavy atom. The molecule has 1 amide bonds. The summed E-state index contributed by atoms with van der Waals surface area (Å²) < 4.78 is 25.7. The second-order valence-corrected chi connectivity index (χ2v) is 5.27. The Morgan fingerprint density at radius 1 is 1.47 bits per heavy atom. The highest BCUT2D eigenvalue weighted by molar-refractivity contribution is 7.90. The van der Waals surface area contributed by atoms with Gasteiger partial charge >= 0.3 is 0 Å². The number of anilines is 1. The van der Waals surface area contributed by atoms with Gasteiger partial charge in [-0.25, -0.2) is 8.42 Å². The predicted molar refractivity (Wildman–Crippen MR) is 60.1 cm³/mol. The smallest absolute Gasteiger partial charge is 0.265 e. The summed E-state index contributed by atoms with van der Waals surface area (Å²) in [5, 5.41) is 2.43. The Bertz CT molecular complexity index is 664. The van der Waals surface area contributed by atoms with Crippen molar-refractivity contribution in [3.63, 3.8) is 0 Å². The molecule has 0 radical (unpaired) electrons. The molecule has 0 aliphatic carbocycles. The minimum atomic E-state index is -4.14. The third-order valence-electron chi connectivity index (χ3n) is 2.20. The van der Waals surface area contributed by atoms with E-state index in [0.29, 0.717) is 11.3 Å². The lowest BCUT2D eigenvalue weighted by atomic mass is 10.2. The SMILES string of the molecule is [N-]=[N+]=NS(=O)(=O)c1cc2c(cc1Cl)NC(=O)C2. The molecule has 17 heavy (non-hydrogen) atoms. The van der Waals surface area contributed by atoms with Crippen LogP contribution in [0.2, 0.25) is 5.02 Å². The van der Waals surface area contributed by atoms with E-state index in [2.05, 4.69) is 14.7 Å². The molecule has 0 spiro atoms. The van der Waals surface area contributed by atoms with Crippen LogP contribution in [-0.4, -0.2) is 14.3 Å². The van der Waals surface area contributed by atoms with Gasteiger partial charge in [-0.2, -0.15) is 0 Å². The number of hydrogen-bond donors (Lipinski definition) is 1. The van der Waals surface area contributed by atoms with Crippen molar-refractivity contribution in [2.24, 2.45) is 4.52 Å². The van der Waals surface area contributed by atoms with E-state index in [1.807, 2.05) is 0 Å². The van der Waals surface area contributed by atoms with Gasteiger partial charge in [-0.1, -0.05) is 11.6 Å². The van der Waals surface area contributed by atoms with Gasteiger partial charge in [0.25, 0.3) is 10.0 Å². The van der Waals surface area contributed by atoms with Crippen LogP contribution < -0.4 is 5.32 Å². The van der Waals surface area contributed by atoms with Crippen molar-refractivity contribution in [1.82, 2.24) is 0 Å². The lowest BCUT2D eigenvalue weighted by Crippen LogP contribution is -2.03. The highest BCUT2D eigenvalue weighted by Gasteiger charge is 2.24. The van der Waals surface area contributed by atoms with E-state index >= 15 is 0 Å². The zero-order valence-corrected chi connectivity index (χ0v) is 9.79. The summed E-state index contributed by atoms with van der Waals surface area (Å²) >= 11 is 5.76. The van der Waals surface area contributed by atoms with Crippen LogP contribution in [0.15, 0.2) is 21.5 Å². The molecule has 1 N–H and O–H groups in total. The van der Waals surface area contributed by atoms with Gasteiger partial charge < -0.3 is 5.32 Å². The van der Waals surface area contributed by atoms with E-state index in [4.69, 9.17) is 17.1 Å². The van der Waals surface area contributed by atoms with Gasteiger partial charge in [0.05, 0.1) is 16.3 Å². The maximum atomic E-state index is 11.5. The summed E-state index contributed by atoms with van der Waals surface area (Å²) in [6.45, 7) is 0. The van der Waals surface area contributed by atoms with Crippen LogP contribution in [0.25, 0.3) is 10.4 Å². The standard InChI is InChI=1S/C8H5ClN4O3S/c9-5-3-6-4(2-8(14)11-6)1-7(5)17(15,16)13-12-10/h1,3H,2H2,(H,11,14). The van der Waals surface area contributed by atoms with Gasteiger partial charge in [-0.05, 0) is 23.2 Å².